The molecule has 1 aliphatic carbocycles. The molecule has 1 saturated carbocycles. The molecule has 1 heterocycles. The molecule has 3 nitrogen and oxygen atoms in total. The van der Waals surface area contributed by atoms with E-state index in [4.69, 9.17) is 0 Å². The second-order valence-electron chi connectivity index (χ2n) is 6.18. The monoisotopic (exact) mass is 341 g/mol. The molecule has 2 unspecified atom stereocenters. The van der Waals surface area contributed by atoms with E-state index in [1.54, 1.807) is 0 Å². The molecule has 0 aromatic carbocycles. The summed E-state index contributed by atoms with van der Waals surface area (Å²) in [6, 6.07) is 0. The van der Waals surface area contributed by atoms with Crippen molar-refractivity contribution in [2.45, 2.75) is 52.4 Å². The van der Waals surface area contributed by atoms with E-state index in [9.17, 15) is 0 Å². The van der Waals surface area contributed by atoms with Crippen molar-refractivity contribution in [3.63, 3.8) is 0 Å². The molecule has 0 amide bonds. The SMILES string of the molecule is CCCNCC1CCCCC1Cc1c(Br)c(C)nn1C. The lowest BCUT2D eigenvalue weighted by Crippen LogP contribution is -2.32. The summed E-state index contributed by atoms with van der Waals surface area (Å²) in [5.74, 6) is 1.64. The Morgan fingerprint density at radius 2 is 2.00 bits per heavy atom. The summed E-state index contributed by atoms with van der Waals surface area (Å²) in [5.41, 5.74) is 2.48. The molecule has 4 heteroatoms. The molecule has 1 N–H and O–H groups in total. The molecule has 0 spiro atoms. The highest BCUT2D eigenvalue weighted by molar-refractivity contribution is 9.10. The molecule has 0 aliphatic heterocycles. The van der Waals surface area contributed by atoms with E-state index in [2.05, 4.69) is 51.9 Å². The van der Waals surface area contributed by atoms with E-state index in [0.29, 0.717) is 0 Å². The van der Waals surface area contributed by atoms with Gasteiger partial charge in [0.2, 0.25) is 0 Å². The predicted molar refractivity (Wildman–Crippen MR) is 88.0 cm³/mol. The third-order valence-electron chi connectivity index (χ3n) is 4.62. The second-order valence-corrected chi connectivity index (χ2v) is 6.98. The smallest absolute Gasteiger partial charge is 0.0738 e. The number of aryl methyl sites for hydroxylation is 2. The molecular formula is C16H28BrN3. The van der Waals surface area contributed by atoms with Gasteiger partial charge in [-0.25, -0.2) is 0 Å². The lowest BCUT2D eigenvalue weighted by atomic mass is 9.77. The zero-order valence-electron chi connectivity index (χ0n) is 13.1. The van der Waals surface area contributed by atoms with Crippen LogP contribution in [0.4, 0.5) is 0 Å². The molecule has 20 heavy (non-hydrogen) atoms. The normalized spacial score (nSPS) is 23.2. The van der Waals surface area contributed by atoms with Crippen LogP contribution >= 0.6 is 15.9 Å². The molecule has 2 atom stereocenters. The highest BCUT2D eigenvalue weighted by Crippen LogP contribution is 2.34. The van der Waals surface area contributed by atoms with Gasteiger partial charge < -0.3 is 5.32 Å². The van der Waals surface area contributed by atoms with Gasteiger partial charge in [0, 0.05) is 7.05 Å². The van der Waals surface area contributed by atoms with Crippen LogP contribution in [-0.2, 0) is 13.5 Å². The van der Waals surface area contributed by atoms with E-state index in [-0.39, 0.29) is 0 Å². The molecule has 0 saturated heterocycles. The van der Waals surface area contributed by atoms with Crippen LogP contribution in [0, 0.1) is 18.8 Å². The Kier molecular flexibility index (Phi) is 6.09. The molecule has 1 aromatic rings. The van der Waals surface area contributed by atoms with Gasteiger partial charge in [-0.2, -0.15) is 5.10 Å². The van der Waals surface area contributed by atoms with Gasteiger partial charge in [-0.1, -0.05) is 19.8 Å². The van der Waals surface area contributed by atoms with Crippen LogP contribution in [0.1, 0.15) is 50.4 Å². The summed E-state index contributed by atoms with van der Waals surface area (Å²) in [7, 11) is 2.07. The Hall–Kier alpha value is -0.350. The van der Waals surface area contributed by atoms with E-state index in [1.807, 2.05) is 0 Å². The first-order chi connectivity index (χ1) is 9.63. The molecule has 1 aromatic heterocycles. The first kappa shape index (κ1) is 16.0. The molecular weight excluding hydrogens is 314 g/mol. The van der Waals surface area contributed by atoms with Crippen LogP contribution in [0.5, 0.6) is 0 Å². The molecule has 1 fully saturated rings. The maximum Gasteiger partial charge on any atom is 0.0738 e. The maximum absolute atomic E-state index is 4.53. The molecule has 1 aliphatic rings. The molecule has 114 valence electrons. The standard InChI is InChI=1S/C16H28BrN3/c1-4-9-18-11-14-8-6-5-7-13(14)10-15-16(17)12(2)19-20(15)3/h13-14,18H,4-11H2,1-3H3. The zero-order valence-corrected chi connectivity index (χ0v) is 14.7. The molecule has 0 bridgehead atoms. The number of aromatic nitrogens is 2. The Morgan fingerprint density at radius 1 is 1.30 bits per heavy atom. The Bertz CT molecular complexity index is 428. The fourth-order valence-electron chi connectivity index (χ4n) is 3.44. The summed E-state index contributed by atoms with van der Waals surface area (Å²) in [6.45, 7) is 6.65. The summed E-state index contributed by atoms with van der Waals surface area (Å²) in [6.07, 6.45) is 7.94. The Morgan fingerprint density at radius 3 is 2.60 bits per heavy atom. The topological polar surface area (TPSA) is 29.9 Å². The number of hydrogen-bond donors (Lipinski definition) is 1. The van der Waals surface area contributed by atoms with Crippen LogP contribution in [0.3, 0.4) is 0 Å². The van der Waals surface area contributed by atoms with Crippen LogP contribution < -0.4 is 5.32 Å². The van der Waals surface area contributed by atoms with Crippen molar-refractivity contribution in [1.29, 1.82) is 0 Å². The van der Waals surface area contributed by atoms with E-state index < -0.39 is 0 Å². The minimum absolute atomic E-state index is 0.805. The fourth-order valence-corrected chi connectivity index (χ4v) is 3.93. The van der Waals surface area contributed by atoms with E-state index in [1.165, 1.54) is 48.8 Å². The fraction of sp³-hybridized carbons (Fsp3) is 0.812. The first-order valence-electron chi connectivity index (χ1n) is 8.02. The van der Waals surface area contributed by atoms with Crippen molar-refractivity contribution < 1.29 is 0 Å². The van der Waals surface area contributed by atoms with E-state index in [0.717, 1.165) is 30.5 Å². The summed E-state index contributed by atoms with van der Waals surface area (Å²) < 4.78 is 3.27. The average molecular weight is 342 g/mol. The van der Waals surface area contributed by atoms with Crippen molar-refractivity contribution in [3.05, 3.63) is 15.9 Å². The second kappa shape index (κ2) is 7.60. The lowest BCUT2D eigenvalue weighted by Gasteiger charge is -2.32. The average Bonchev–Trinajstić information content (AvgIpc) is 2.67. The highest BCUT2D eigenvalue weighted by atomic mass is 79.9. The summed E-state index contributed by atoms with van der Waals surface area (Å²) in [4.78, 5) is 0. The van der Waals surface area contributed by atoms with Crippen molar-refractivity contribution in [2.75, 3.05) is 13.1 Å². The summed E-state index contributed by atoms with van der Waals surface area (Å²) >= 11 is 3.71. The van der Waals surface area contributed by atoms with Crippen molar-refractivity contribution in [2.24, 2.45) is 18.9 Å². The van der Waals surface area contributed by atoms with Gasteiger partial charge >= 0.3 is 0 Å². The van der Waals surface area contributed by atoms with Crippen molar-refractivity contribution >= 4 is 15.9 Å². The maximum atomic E-state index is 4.53. The summed E-state index contributed by atoms with van der Waals surface area (Å²) in [5, 5.41) is 8.15. The van der Waals surface area contributed by atoms with Crippen LogP contribution in [0.15, 0.2) is 4.47 Å². The van der Waals surface area contributed by atoms with E-state index >= 15 is 0 Å². The number of nitrogens with zero attached hydrogens (tertiary/aromatic N) is 2. The Labute approximate surface area is 131 Å². The largest absolute Gasteiger partial charge is 0.316 e. The number of nitrogens with one attached hydrogen (secondary N) is 1. The van der Waals surface area contributed by atoms with Gasteiger partial charge in [0.25, 0.3) is 0 Å². The Balaban J connectivity index is 2.00. The lowest BCUT2D eigenvalue weighted by molar-refractivity contribution is 0.225. The molecule has 2 rings (SSSR count). The quantitative estimate of drug-likeness (QED) is 0.796. The van der Waals surface area contributed by atoms with Crippen LogP contribution in [0.2, 0.25) is 0 Å². The van der Waals surface area contributed by atoms with Gasteiger partial charge in [-0.15, -0.1) is 0 Å². The van der Waals surface area contributed by atoms with Crippen LogP contribution in [0.25, 0.3) is 0 Å². The minimum atomic E-state index is 0.805. The predicted octanol–water partition coefficient (Wildman–Crippen LogP) is 3.84. The third kappa shape index (κ3) is 3.85. The third-order valence-corrected chi connectivity index (χ3v) is 5.65. The number of hydrogen-bond acceptors (Lipinski definition) is 2. The minimum Gasteiger partial charge on any atom is -0.316 e. The van der Waals surface area contributed by atoms with Gasteiger partial charge in [0.1, 0.15) is 0 Å². The van der Waals surface area contributed by atoms with Gasteiger partial charge in [-0.05, 0) is 73.5 Å². The number of rotatable bonds is 6. The van der Waals surface area contributed by atoms with Gasteiger partial charge in [0.05, 0.1) is 15.9 Å². The van der Waals surface area contributed by atoms with Crippen molar-refractivity contribution in [1.82, 2.24) is 15.1 Å². The first-order valence-corrected chi connectivity index (χ1v) is 8.81. The van der Waals surface area contributed by atoms with Gasteiger partial charge in [0.15, 0.2) is 0 Å². The highest BCUT2D eigenvalue weighted by Gasteiger charge is 2.27. The van der Waals surface area contributed by atoms with Gasteiger partial charge in [-0.3, -0.25) is 4.68 Å². The van der Waals surface area contributed by atoms with Crippen molar-refractivity contribution in [3.8, 4) is 0 Å². The number of halogens is 1. The zero-order chi connectivity index (χ0) is 14.5. The van der Waals surface area contributed by atoms with Crippen LogP contribution in [-0.4, -0.2) is 22.9 Å². The molecule has 0 radical (unpaired) electrons.